The third-order valence-electron chi connectivity index (χ3n) is 5.90. The molecule has 170 valence electrons. The second-order valence-electron chi connectivity index (χ2n) is 8.45. The smallest absolute Gasteiger partial charge is 0.255 e. The maximum Gasteiger partial charge on any atom is 0.255 e. The van der Waals surface area contributed by atoms with Crippen molar-refractivity contribution in [3.63, 3.8) is 0 Å². The molecule has 1 heterocycles. The molecule has 1 saturated heterocycles. The molecule has 4 rings (SSSR count). The van der Waals surface area contributed by atoms with E-state index in [0.717, 1.165) is 38.3 Å². The molecule has 0 bridgehead atoms. The van der Waals surface area contributed by atoms with Crippen molar-refractivity contribution < 1.29 is 9.59 Å². The summed E-state index contributed by atoms with van der Waals surface area (Å²) in [5.41, 5.74) is 3.79. The minimum absolute atomic E-state index is 0.219. The molecule has 1 aliphatic heterocycles. The number of hydrogen-bond acceptors (Lipinski definition) is 4. The fraction of sp³-hybridized carbons (Fsp3) is 0.259. The monoisotopic (exact) mass is 442 g/mol. The van der Waals surface area contributed by atoms with Gasteiger partial charge in [0.1, 0.15) is 0 Å². The molecule has 2 amide bonds. The van der Waals surface area contributed by atoms with Gasteiger partial charge in [-0.25, -0.2) is 0 Å². The highest BCUT2D eigenvalue weighted by Crippen LogP contribution is 2.17. The largest absolute Gasteiger partial charge is 0.348 e. The average molecular weight is 443 g/mol. The Morgan fingerprint density at radius 1 is 0.788 bits per heavy atom. The molecule has 1 aliphatic rings. The van der Waals surface area contributed by atoms with Gasteiger partial charge in [0.05, 0.1) is 11.3 Å². The molecular formula is C27H30N4O2. The number of benzene rings is 3. The van der Waals surface area contributed by atoms with Crippen molar-refractivity contribution >= 4 is 17.5 Å². The molecule has 0 aliphatic carbocycles. The first kappa shape index (κ1) is 22.7. The molecule has 3 aromatic carbocycles. The molecule has 3 aromatic rings. The summed E-state index contributed by atoms with van der Waals surface area (Å²) in [5.74, 6) is -0.462. The van der Waals surface area contributed by atoms with Crippen LogP contribution in [0, 0.1) is 0 Å². The van der Waals surface area contributed by atoms with Crippen LogP contribution in [0.1, 0.15) is 31.8 Å². The fourth-order valence-corrected chi connectivity index (χ4v) is 3.95. The molecule has 0 saturated carbocycles. The highest BCUT2D eigenvalue weighted by Gasteiger charge is 2.15. The highest BCUT2D eigenvalue weighted by molar-refractivity contribution is 6.08. The van der Waals surface area contributed by atoms with E-state index in [1.165, 1.54) is 5.56 Å². The third-order valence-corrected chi connectivity index (χ3v) is 5.90. The summed E-state index contributed by atoms with van der Waals surface area (Å²) in [6, 6.07) is 24.4. The van der Waals surface area contributed by atoms with Crippen molar-refractivity contribution in [3.05, 3.63) is 101 Å². The van der Waals surface area contributed by atoms with Crippen LogP contribution < -0.4 is 10.6 Å². The van der Waals surface area contributed by atoms with Crippen molar-refractivity contribution in [1.29, 1.82) is 0 Å². The summed E-state index contributed by atoms with van der Waals surface area (Å²) in [7, 11) is 2.16. The maximum atomic E-state index is 12.9. The van der Waals surface area contributed by atoms with Gasteiger partial charge >= 0.3 is 0 Å². The van der Waals surface area contributed by atoms with Gasteiger partial charge in [0, 0.05) is 44.8 Å². The van der Waals surface area contributed by atoms with Gasteiger partial charge < -0.3 is 15.5 Å². The van der Waals surface area contributed by atoms with Crippen molar-refractivity contribution in [2.24, 2.45) is 0 Å². The van der Waals surface area contributed by atoms with Crippen LogP contribution in [-0.4, -0.2) is 54.8 Å². The molecule has 6 heteroatoms. The zero-order chi connectivity index (χ0) is 23.0. The Kier molecular flexibility index (Phi) is 7.50. The fourth-order valence-electron chi connectivity index (χ4n) is 3.95. The van der Waals surface area contributed by atoms with Crippen molar-refractivity contribution in [3.8, 4) is 0 Å². The Balaban J connectivity index is 1.37. The molecule has 0 atom stereocenters. The zero-order valence-corrected chi connectivity index (χ0v) is 19.0. The lowest BCUT2D eigenvalue weighted by atomic mass is 10.1. The van der Waals surface area contributed by atoms with Gasteiger partial charge in [0.15, 0.2) is 0 Å². The topological polar surface area (TPSA) is 64.7 Å². The predicted molar refractivity (Wildman–Crippen MR) is 131 cm³/mol. The summed E-state index contributed by atoms with van der Waals surface area (Å²) < 4.78 is 0. The van der Waals surface area contributed by atoms with Crippen LogP contribution in [0.4, 0.5) is 5.69 Å². The lowest BCUT2D eigenvalue weighted by Gasteiger charge is -2.32. The summed E-state index contributed by atoms with van der Waals surface area (Å²) in [4.78, 5) is 30.3. The maximum absolute atomic E-state index is 12.9. The van der Waals surface area contributed by atoms with E-state index in [0.29, 0.717) is 23.4 Å². The molecule has 0 radical (unpaired) electrons. The van der Waals surface area contributed by atoms with E-state index in [9.17, 15) is 9.59 Å². The minimum atomic E-state index is -0.243. The second-order valence-corrected chi connectivity index (χ2v) is 8.45. The Morgan fingerprint density at radius 3 is 2.27 bits per heavy atom. The van der Waals surface area contributed by atoms with Crippen LogP contribution in [0.15, 0.2) is 78.9 Å². The number of carbonyl (C=O) groups excluding carboxylic acids is 2. The van der Waals surface area contributed by atoms with Crippen LogP contribution in [0.3, 0.4) is 0 Å². The summed E-state index contributed by atoms with van der Waals surface area (Å²) >= 11 is 0. The van der Waals surface area contributed by atoms with Crippen molar-refractivity contribution in [1.82, 2.24) is 15.1 Å². The lowest BCUT2D eigenvalue weighted by Crippen LogP contribution is -2.43. The van der Waals surface area contributed by atoms with E-state index in [1.807, 2.05) is 30.3 Å². The summed E-state index contributed by atoms with van der Waals surface area (Å²) in [6.45, 7) is 5.68. The predicted octanol–water partition coefficient (Wildman–Crippen LogP) is 3.62. The summed E-state index contributed by atoms with van der Waals surface area (Å²) in [5, 5.41) is 5.85. The van der Waals surface area contributed by atoms with Crippen LogP contribution in [0.25, 0.3) is 0 Å². The number of nitrogens with zero attached hydrogens (tertiary/aromatic N) is 2. The van der Waals surface area contributed by atoms with Gasteiger partial charge in [-0.3, -0.25) is 14.5 Å². The average Bonchev–Trinajstić information content (AvgIpc) is 2.85. The number of likely N-dealkylation sites (N-methyl/N-ethyl adjacent to an activating group) is 1. The number of amides is 2. The third kappa shape index (κ3) is 6.28. The van der Waals surface area contributed by atoms with E-state index in [-0.39, 0.29) is 11.8 Å². The quantitative estimate of drug-likeness (QED) is 0.587. The second kappa shape index (κ2) is 10.9. The van der Waals surface area contributed by atoms with Gasteiger partial charge in [0.2, 0.25) is 0 Å². The van der Waals surface area contributed by atoms with E-state index in [2.05, 4.69) is 39.6 Å². The number of carbonyl (C=O) groups is 2. The van der Waals surface area contributed by atoms with Crippen LogP contribution in [0.2, 0.25) is 0 Å². The van der Waals surface area contributed by atoms with Gasteiger partial charge in [-0.2, -0.15) is 0 Å². The van der Waals surface area contributed by atoms with E-state index in [1.54, 1.807) is 36.4 Å². The molecule has 1 fully saturated rings. The number of rotatable bonds is 7. The van der Waals surface area contributed by atoms with E-state index < -0.39 is 0 Å². The zero-order valence-electron chi connectivity index (χ0n) is 19.0. The normalized spacial score (nSPS) is 14.6. The Morgan fingerprint density at radius 2 is 1.48 bits per heavy atom. The van der Waals surface area contributed by atoms with Gasteiger partial charge in [-0.05, 0) is 42.4 Å². The molecule has 0 spiro atoms. The van der Waals surface area contributed by atoms with Crippen LogP contribution in [-0.2, 0) is 13.1 Å². The standard InChI is InChI=1S/C27H30N4O2/c1-30-14-16-31(17-15-30)20-22-9-7-8-21(18-22)19-28-27(33)24-12-5-6-13-25(24)29-26(32)23-10-3-2-4-11-23/h2-13,18H,14-17,19-20H2,1H3,(H,28,33)(H,29,32). The van der Waals surface area contributed by atoms with Gasteiger partial charge in [-0.15, -0.1) is 0 Å². The first-order valence-corrected chi connectivity index (χ1v) is 11.3. The van der Waals surface area contributed by atoms with Gasteiger partial charge in [0.25, 0.3) is 11.8 Å². The Hall–Kier alpha value is -3.48. The number of anilines is 1. The number of hydrogen-bond donors (Lipinski definition) is 2. The molecule has 6 nitrogen and oxygen atoms in total. The lowest BCUT2D eigenvalue weighted by molar-refractivity contribution is 0.0951. The van der Waals surface area contributed by atoms with Crippen molar-refractivity contribution in [2.45, 2.75) is 13.1 Å². The Labute approximate surface area is 195 Å². The molecule has 0 aromatic heterocycles. The molecule has 0 unspecified atom stereocenters. The molecule has 33 heavy (non-hydrogen) atoms. The summed E-state index contributed by atoms with van der Waals surface area (Å²) in [6.07, 6.45) is 0. The van der Waals surface area contributed by atoms with E-state index >= 15 is 0 Å². The Bertz CT molecular complexity index is 1090. The molecule has 2 N–H and O–H groups in total. The van der Waals surface area contributed by atoms with Crippen LogP contribution >= 0.6 is 0 Å². The number of para-hydroxylation sites is 1. The van der Waals surface area contributed by atoms with Gasteiger partial charge in [-0.1, -0.05) is 54.6 Å². The molecular weight excluding hydrogens is 412 g/mol. The van der Waals surface area contributed by atoms with E-state index in [4.69, 9.17) is 0 Å². The number of piperazine rings is 1. The number of nitrogens with one attached hydrogen (secondary N) is 2. The van der Waals surface area contributed by atoms with Crippen LogP contribution in [0.5, 0.6) is 0 Å². The highest BCUT2D eigenvalue weighted by atomic mass is 16.2. The van der Waals surface area contributed by atoms with Crippen molar-refractivity contribution in [2.75, 3.05) is 38.5 Å². The first-order chi connectivity index (χ1) is 16.1. The first-order valence-electron chi connectivity index (χ1n) is 11.3. The SMILES string of the molecule is CN1CCN(Cc2cccc(CNC(=O)c3ccccc3NC(=O)c3ccccc3)c2)CC1. The minimum Gasteiger partial charge on any atom is -0.348 e.